The van der Waals surface area contributed by atoms with Crippen LogP contribution in [0.5, 0.6) is 0 Å². The average molecular weight is 313 g/mol. The van der Waals surface area contributed by atoms with E-state index in [1.54, 1.807) is 6.26 Å². The SMILES string of the molecule is CCc1nccn1[C@@H]1CCCN(C(=O)[C@H]2C[C@H]2c2ccco2)C1. The molecular weight excluding hydrogens is 290 g/mol. The first kappa shape index (κ1) is 14.5. The molecule has 0 N–H and O–H groups in total. The predicted octanol–water partition coefficient (Wildman–Crippen LogP) is 3.01. The molecule has 1 saturated heterocycles. The van der Waals surface area contributed by atoms with E-state index in [1.165, 1.54) is 0 Å². The van der Waals surface area contributed by atoms with Crippen LogP contribution in [0.15, 0.2) is 35.2 Å². The zero-order chi connectivity index (χ0) is 15.8. The first-order valence-corrected chi connectivity index (χ1v) is 8.61. The number of aromatic nitrogens is 2. The summed E-state index contributed by atoms with van der Waals surface area (Å²) in [5, 5.41) is 0. The van der Waals surface area contributed by atoms with Crippen LogP contribution in [0.1, 0.15) is 49.7 Å². The smallest absolute Gasteiger partial charge is 0.226 e. The molecule has 0 unspecified atom stereocenters. The van der Waals surface area contributed by atoms with Gasteiger partial charge in [0.15, 0.2) is 0 Å². The summed E-state index contributed by atoms with van der Waals surface area (Å²) in [7, 11) is 0. The lowest BCUT2D eigenvalue weighted by Gasteiger charge is -2.34. The fourth-order valence-corrected chi connectivity index (χ4v) is 3.85. The Bertz CT molecular complexity index is 676. The van der Waals surface area contributed by atoms with Crippen molar-refractivity contribution in [1.82, 2.24) is 14.5 Å². The molecule has 5 heteroatoms. The zero-order valence-corrected chi connectivity index (χ0v) is 13.5. The van der Waals surface area contributed by atoms with E-state index in [9.17, 15) is 4.79 Å². The van der Waals surface area contributed by atoms with Gasteiger partial charge in [0, 0.05) is 43.7 Å². The number of rotatable bonds is 4. The Labute approximate surface area is 136 Å². The molecular formula is C18H23N3O2. The zero-order valence-electron chi connectivity index (χ0n) is 13.5. The van der Waals surface area contributed by atoms with Crippen molar-refractivity contribution in [3.63, 3.8) is 0 Å². The molecule has 5 nitrogen and oxygen atoms in total. The maximum absolute atomic E-state index is 12.8. The van der Waals surface area contributed by atoms with E-state index in [2.05, 4.69) is 27.6 Å². The lowest BCUT2D eigenvalue weighted by atomic mass is 10.0. The van der Waals surface area contributed by atoms with E-state index in [0.717, 1.165) is 50.4 Å². The van der Waals surface area contributed by atoms with Gasteiger partial charge >= 0.3 is 0 Å². The predicted molar refractivity (Wildman–Crippen MR) is 86.0 cm³/mol. The van der Waals surface area contributed by atoms with Gasteiger partial charge in [-0.05, 0) is 31.4 Å². The molecule has 3 heterocycles. The van der Waals surface area contributed by atoms with Crippen molar-refractivity contribution in [2.24, 2.45) is 5.92 Å². The van der Waals surface area contributed by atoms with Crippen molar-refractivity contribution in [1.29, 1.82) is 0 Å². The molecule has 2 aromatic rings. The number of amides is 1. The van der Waals surface area contributed by atoms with Gasteiger partial charge in [-0.3, -0.25) is 4.79 Å². The number of likely N-dealkylation sites (tertiary alicyclic amines) is 1. The Morgan fingerprint density at radius 2 is 2.39 bits per heavy atom. The molecule has 122 valence electrons. The number of imidazole rings is 1. The molecule has 1 aliphatic heterocycles. The number of carbonyl (C=O) groups is 1. The van der Waals surface area contributed by atoms with Crippen molar-refractivity contribution in [2.45, 2.75) is 44.6 Å². The molecule has 23 heavy (non-hydrogen) atoms. The van der Waals surface area contributed by atoms with Crippen LogP contribution in [0.3, 0.4) is 0 Å². The number of aryl methyl sites for hydroxylation is 1. The van der Waals surface area contributed by atoms with E-state index in [1.807, 2.05) is 18.3 Å². The largest absolute Gasteiger partial charge is 0.469 e. The minimum atomic E-state index is 0.119. The van der Waals surface area contributed by atoms with Crippen LogP contribution in [-0.2, 0) is 11.2 Å². The van der Waals surface area contributed by atoms with Crippen LogP contribution in [0, 0.1) is 5.92 Å². The third kappa shape index (κ3) is 2.69. The summed E-state index contributed by atoms with van der Waals surface area (Å²) < 4.78 is 7.71. The fraction of sp³-hybridized carbons (Fsp3) is 0.556. The number of furan rings is 1. The molecule has 1 amide bonds. The van der Waals surface area contributed by atoms with Crippen molar-refractivity contribution in [3.05, 3.63) is 42.4 Å². The summed E-state index contributed by atoms with van der Waals surface area (Å²) in [6, 6.07) is 4.25. The summed E-state index contributed by atoms with van der Waals surface area (Å²) in [6.45, 7) is 3.82. The van der Waals surface area contributed by atoms with Crippen molar-refractivity contribution in [2.75, 3.05) is 13.1 Å². The van der Waals surface area contributed by atoms with Crippen LogP contribution >= 0.6 is 0 Å². The van der Waals surface area contributed by atoms with E-state index in [0.29, 0.717) is 11.9 Å². The molecule has 0 spiro atoms. The van der Waals surface area contributed by atoms with E-state index in [4.69, 9.17) is 4.42 Å². The van der Waals surface area contributed by atoms with Gasteiger partial charge in [0.1, 0.15) is 11.6 Å². The minimum absolute atomic E-state index is 0.119. The van der Waals surface area contributed by atoms with Gasteiger partial charge in [0.25, 0.3) is 0 Å². The maximum atomic E-state index is 12.8. The van der Waals surface area contributed by atoms with Gasteiger partial charge in [-0.15, -0.1) is 0 Å². The highest BCUT2D eigenvalue weighted by atomic mass is 16.3. The quantitative estimate of drug-likeness (QED) is 0.872. The summed E-state index contributed by atoms with van der Waals surface area (Å²) >= 11 is 0. The molecule has 2 fully saturated rings. The number of carbonyl (C=O) groups excluding carboxylic acids is 1. The maximum Gasteiger partial charge on any atom is 0.226 e. The topological polar surface area (TPSA) is 51.3 Å². The Kier molecular flexibility index (Phi) is 3.71. The first-order chi connectivity index (χ1) is 11.3. The first-order valence-electron chi connectivity index (χ1n) is 8.61. The highest BCUT2D eigenvalue weighted by molar-refractivity contribution is 5.83. The van der Waals surface area contributed by atoms with Crippen LogP contribution in [0.25, 0.3) is 0 Å². The third-order valence-corrected chi connectivity index (χ3v) is 5.18. The minimum Gasteiger partial charge on any atom is -0.469 e. The fourth-order valence-electron chi connectivity index (χ4n) is 3.85. The summed E-state index contributed by atoms with van der Waals surface area (Å²) in [4.78, 5) is 19.3. The molecule has 2 aromatic heterocycles. The highest BCUT2D eigenvalue weighted by Crippen LogP contribution is 2.49. The van der Waals surface area contributed by atoms with Crippen molar-refractivity contribution < 1.29 is 9.21 Å². The third-order valence-electron chi connectivity index (χ3n) is 5.18. The van der Waals surface area contributed by atoms with Gasteiger partial charge < -0.3 is 13.9 Å². The number of hydrogen-bond acceptors (Lipinski definition) is 3. The Morgan fingerprint density at radius 3 is 3.17 bits per heavy atom. The second kappa shape index (κ2) is 5.87. The van der Waals surface area contributed by atoms with E-state index >= 15 is 0 Å². The van der Waals surface area contributed by atoms with Crippen LogP contribution in [0.2, 0.25) is 0 Å². The number of nitrogens with zero attached hydrogens (tertiary/aromatic N) is 3. The van der Waals surface area contributed by atoms with E-state index in [-0.39, 0.29) is 11.8 Å². The molecule has 0 radical (unpaired) electrons. The number of hydrogen-bond donors (Lipinski definition) is 0. The van der Waals surface area contributed by atoms with Crippen LogP contribution < -0.4 is 0 Å². The Balaban J connectivity index is 1.43. The van der Waals surface area contributed by atoms with Gasteiger partial charge in [-0.25, -0.2) is 4.98 Å². The van der Waals surface area contributed by atoms with Gasteiger partial charge in [0.2, 0.25) is 5.91 Å². The summed E-state index contributed by atoms with van der Waals surface area (Å²) in [5.41, 5.74) is 0. The Morgan fingerprint density at radius 1 is 1.48 bits per heavy atom. The van der Waals surface area contributed by atoms with Crippen LogP contribution in [-0.4, -0.2) is 33.4 Å². The second-order valence-electron chi connectivity index (χ2n) is 6.65. The summed E-state index contributed by atoms with van der Waals surface area (Å²) in [6.07, 6.45) is 9.67. The van der Waals surface area contributed by atoms with Gasteiger partial charge in [-0.1, -0.05) is 6.92 Å². The van der Waals surface area contributed by atoms with Crippen LogP contribution in [0.4, 0.5) is 0 Å². The highest BCUT2D eigenvalue weighted by Gasteiger charge is 2.48. The van der Waals surface area contributed by atoms with E-state index < -0.39 is 0 Å². The normalized spacial score (nSPS) is 27.2. The summed E-state index contributed by atoms with van der Waals surface area (Å²) in [5.74, 6) is 2.78. The lowest BCUT2D eigenvalue weighted by Crippen LogP contribution is -2.41. The second-order valence-corrected chi connectivity index (χ2v) is 6.65. The molecule has 2 aliphatic rings. The molecule has 0 aromatic carbocycles. The van der Waals surface area contributed by atoms with Crippen molar-refractivity contribution in [3.8, 4) is 0 Å². The lowest BCUT2D eigenvalue weighted by molar-refractivity contribution is -0.134. The van der Waals surface area contributed by atoms with Crippen molar-refractivity contribution >= 4 is 5.91 Å². The standard InChI is InChI=1S/C18H23N3O2/c1-2-17-19-7-9-21(17)13-5-3-8-20(12-13)18(22)15-11-14(15)16-6-4-10-23-16/h4,6-7,9-10,13-15H,2-3,5,8,11-12H2,1H3/t13-,14-,15+/m1/s1. The molecule has 3 atom stereocenters. The molecule has 1 aliphatic carbocycles. The molecule has 4 rings (SSSR count). The number of piperidine rings is 1. The van der Waals surface area contributed by atoms with Gasteiger partial charge in [-0.2, -0.15) is 0 Å². The molecule has 0 bridgehead atoms. The monoisotopic (exact) mass is 313 g/mol. The molecule has 1 saturated carbocycles. The van der Waals surface area contributed by atoms with Gasteiger partial charge in [0.05, 0.1) is 12.3 Å². The Hall–Kier alpha value is -2.04. The average Bonchev–Trinajstić information content (AvgIpc) is 3.03.